The normalized spacial score (nSPS) is 16.5. The van der Waals surface area contributed by atoms with Crippen LogP contribution in [0.2, 0.25) is 0 Å². The Bertz CT molecular complexity index is 1390. The average Bonchev–Trinajstić information content (AvgIpc) is 3.48. The summed E-state index contributed by atoms with van der Waals surface area (Å²) in [5.74, 6) is 2.70. The fourth-order valence-electron chi connectivity index (χ4n) is 5.21. The lowest BCUT2D eigenvalue weighted by Gasteiger charge is -2.18. The average molecular weight is 496 g/mol. The van der Waals surface area contributed by atoms with E-state index in [4.69, 9.17) is 9.72 Å². The molecule has 3 aromatic carbocycles. The first kappa shape index (κ1) is 25.1. The lowest BCUT2D eigenvalue weighted by molar-refractivity contribution is -0.117. The summed E-state index contributed by atoms with van der Waals surface area (Å²) in [4.78, 5) is 20.0. The number of aryl methyl sites for hydroxylation is 3. The molecular weight excluding hydrogens is 458 g/mol. The van der Waals surface area contributed by atoms with Gasteiger partial charge >= 0.3 is 0 Å². The van der Waals surface area contributed by atoms with Crippen LogP contribution in [0.25, 0.3) is 11.0 Å². The fraction of sp³-hybridized carbons (Fsp3) is 0.375. The van der Waals surface area contributed by atoms with Gasteiger partial charge in [-0.25, -0.2) is 4.98 Å². The summed E-state index contributed by atoms with van der Waals surface area (Å²) in [5, 5.41) is 0. The molecule has 1 fully saturated rings. The number of amides is 1. The summed E-state index contributed by atoms with van der Waals surface area (Å²) >= 11 is 0. The van der Waals surface area contributed by atoms with Crippen LogP contribution in [0.1, 0.15) is 67.5 Å². The predicted molar refractivity (Wildman–Crippen MR) is 151 cm³/mol. The first-order valence-corrected chi connectivity index (χ1v) is 13.5. The molecule has 2 atom stereocenters. The first-order valence-electron chi connectivity index (χ1n) is 13.5. The number of carbonyl (C=O) groups excluding carboxylic acids is 1. The van der Waals surface area contributed by atoms with Crippen molar-refractivity contribution in [3.8, 4) is 5.75 Å². The van der Waals surface area contributed by atoms with E-state index in [2.05, 4.69) is 92.9 Å². The van der Waals surface area contributed by atoms with Gasteiger partial charge in [-0.1, -0.05) is 44.2 Å². The van der Waals surface area contributed by atoms with Crippen LogP contribution < -0.4 is 9.64 Å². The van der Waals surface area contributed by atoms with Crippen molar-refractivity contribution in [3.63, 3.8) is 0 Å². The van der Waals surface area contributed by atoms with Crippen LogP contribution in [0.4, 0.5) is 5.69 Å². The number of fused-ring (bicyclic) bond motifs is 1. The zero-order valence-corrected chi connectivity index (χ0v) is 22.4. The molecule has 0 spiro atoms. The lowest BCUT2D eigenvalue weighted by Crippen LogP contribution is -2.24. The summed E-state index contributed by atoms with van der Waals surface area (Å²) in [5.41, 5.74) is 6.87. The molecule has 1 aromatic heterocycles. The first-order chi connectivity index (χ1) is 17.9. The van der Waals surface area contributed by atoms with Gasteiger partial charge in [0.25, 0.3) is 0 Å². The summed E-state index contributed by atoms with van der Waals surface area (Å²) in [7, 11) is 0. The monoisotopic (exact) mass is 495 g/mol. The minimum absolute atomic E-state index is 0.0653. The number of imidazole rings is 1. The molecule has 1 amide bonds. The topological polar surface area (TPSA) is 47.4 Å². The third kappa shape index (κ3) is 5.27. The molecule has 5 rings (SSSR count). The van der Waals surface area contributed by atoms with Gasteiger partial charge in [0.05, 0.1) is 17.6 Å². The van der Waals surface area contributed by atoms with Crippen LogP contribution in [-0.2, 0) is 11.3 Å². The molecule has 2 unspecified atom stereocenters. The van der Waals surface area contributed by atoms with E-state index < -0.39 is 0 Å². The number of aromatic nitrogens is 2. The highest BCUT2D eigenvalue weighted by atomic mass is 16.5. The van der Waals surface area contributed by atoms with Gasteiger partial charge in [0.1, 0.15) is 11.6 Å². The standard InChI is InChI=1S/C32H37N3O2/c1-5-22(2)25-12-15-28(16-13-25)37-18-8-17-34-30-10-7-6-9-29(30)33-32(34)26-20-31(36)35(21-26)27-14-11-23(3)24(4)19-27/h6-7,9-16,19,22,26H,5,8,17-18,20-21H2,1-4H3. The van der Waals surface area contributed by atoms with Crippen molar-refractivity contribution in [3.05, 3.63) is 89.2 Å². The second kappa shape index (κ2) is 10.8. The molecule has 1 aliphatic rings. The molecule has 1 aliphatic heterocycles. The quantitative estimate of drug-likeness (QED) is 0.232. The van der Waals surface area contributed by atoms with E-state index >= 15 is 0 Å². The maximum absolute atomic E-state index is 13.1. The molecule has 5 nitrogen and oxygen atoms in total. The van der Waals surface area contributed by atoms with Crippen LogP contribution >= 0.6 is 0 Å². The number of ether oxygens (including phenoxy) is 1. The van der Waals surface area contributed by atoms with E-state index in [0.29, 0.717) is 25.5 Å². The van der Waals surface area contributed by atoms with Crippen LogP contribution in [0.5, 0.6) is 5.75 Å². The minimum atomic E-state index is 0.0653. The van der Waals surface area contributed by atoms with E-state index in [9.17, 15) is 4.79 Å². The summed E-state index contributed by atoms with van der Waals surface area (Å²) in [6.07, 6.45) is 2.48. The van der Waals surface area contributed by atoms with Crippen molar-refractivity contribution in [1.82, 2.24) is 9.55 Å². The number of anilines is 1. The number of benzene rings is 3. The Morgan fingerprint density at radius 3 is 2.57 bits per heavy atom. The molecule has 5 heteroatoms. The smallest absolute Gasteiger partial charge is 0.227 e. The van der Waals surface area contributed by atoms with Crippen molar-refractivity contribution in [1.29, 1.82) is 0 Å². The van der Waals surface area contributed by atoms with E-state index in [0.717, 1.165) is 47.7 Å². The van der Waals surface area contributed by atoms with Gasteiger partial charge < -0.3 is 14.2 Å². The molecule has 2 heterocycles. The maximum Gasteiger partial charge on any atom is 0.227 e. The van der Waals surface area contributed by atoms with Gasteiger partial charge in [0, 0.05) is 31.1 Å². The lowest BCUT2D eigenvalue weighted by atomic mass is 9.99. The Kier molecular flexibility index (Phi) is 7.31. The van der Waals surface area contributed by atoms with Gasteiger partial charge in [-0.05, 0) is 85.7 Å². The Balaban J connectivity index is 1.29. The molecule has 0 bridgehead atoms. The van der Waals surface area contributed by atoms with Gasteiger partial charge in [0.15, 0.2) is 0 Å². The fourth-order valence-corrected chi connectivity index (χ4v) is 5.21. The molecule has 192 valence electrons. The predicted octanol–water partition coefficient (Wildman–Crippen LogP) is 7.16. The van der Waals surface area contributed by atoms with Gasteiger partial charge in [-0.15, -0.1) is 0 Å². The van der Waals surface area contributed by atoms with E-state index in [-0.39, 0.29) is 11.8 Å². The van der Waals surface area contributed by atoms with Gasteiger partial charge in [-0.3, -0.25) is 4.79 Å². The molecule has 0 aliphatic carbocycles. The zero-order chi connectivity index (χ0) is 25.9. The summed E-state index contributed by atoms with van der Waals surface area (Å²) in [6.45, 7) is 10.7. The van der Waals surface area contributed by atoms with E-state index in [1.807, 2.05) is 11.0 Å². The Hall–Kier alpha value is -3.60. The van der Waals surface area contributed by atoms with Crippen molar-refractivity contribution in [2.45, 2.75) is 65.3 Å². The number of carbonyl (C=O) groups is 1. The second-order valence-electron chi connectivity index (χ2n) is 10.4. The van der Waals surface area contributed by atoms with Crippen LogP contribution in [0.3, 0.4) is 0 Å². The molecule has 0 N–H and O–H groups in total. The Labute approximate surface area is 220 Å². The van der Waals surface area contributed by atoms with Crippen LogP contribution in [-0.4, -0.2) is 28.6 Å². The molecule has 37 heavy (non-hydrogen) atoms. The van der Waals surface area contributed by atoms with Crippen molar-refractivity contribution in [2.24, 2.45) is 0 Å². The Morgan fingerprint density at radius 1 is 1.03 bits per heavy atom. The number of rotatable bonds is 9. The second-order valence-corrected chi connectivity index (χ2v) is 10.4. The summed E-state index contributed by atoms with van der Waals surface area (Å²) in [6, 6.07) is 23.0. The third-order valence-electron chi connectivity index (χ3n) is 7.83. The van der Waals surface area contributed by atoms with Crippen molar-refractivity contribution >= 4 is 22.6 Å². The van der Waals surface area contributed by atoms with Gasteiger partial charge in [-0.2, -0.15) is 0 Å². The van der Waals surface area contributed by atoms with Crippen molar-refractivity contribution < 1.29 is 9.53 Å². The molecular formula is C32H37N3O2. The molecule has 0 saturated carbocycles. The highest BCUT2D eigenvalue weighted by molar-refractivity contribution is 5.96. The van der Waals surface area contributed by atoms with Crippen molar-refractivity contribution in [2.75, 3.05) is 18.1 Å². The SMILES string of the molecule is CCC(C)c1ccc(OCCCn2c(C3CC(=O)N(c4ccc(C)c(C)c4)C3)nc3ccccc32)cc1. The summed E-state index contributed by atoms with van der Waals surface area (Å²) < 4.78 is 8.36. The maximum atomic E-state index is 13.1. The zero-order valence-electron chi connectivity index (χ0n) is 22.4. The highest BCUT2D eigenvalue weighted by Crippen LogP contribution is 2.34. The number of para-hydroxylation sites is 2. The Morgan fingerprint density at radius 2 is 1.81 bits per heavy atom. The highest BCUT2D eigenvalue weighted by Gasteiger charge is 2.34. The molecule has 4 aromatic rings. The van der Waals surface area contributed by atoms with E-state index in [1.165, 1.54) is 16.7 Å². The van der Waals surface area contributed by atoms with E-state index in [1.54, 1.807) is 0 Å². The van der Waals surface area contributed by atoms with Crippen LogP contribution in [0, 0.1) is 13.8 Å². The number of hydrogen-bond acceptors (Lipinski definition) is 3. The number of nitrogens with zero attached hydrogens (tertiary/aromatic N) is 3. The minimum Gasteiger partial charge on any atom is -0.494 e. The van der Waals surface area contributed by atoms with Gasteiger partial charge in [0.2, 0.25) is 5.91 Å². The molecule has 0 radical (unpaired) electrons. The molecule has 1 saturated heterocycles. The largest absolute Gasteiger partial charge is 0.494 e. The number of hydrogen-bond donors (Lipinski definition) is 0. The third-order valence-corrected chi connectivity index (χ3v) is 7.83. The van der Waals surface area contributed by atoms with Crippen LogP contribution in [0.15, 0.2) is 66.7 Å².